The molecule has 1 aliphatic heterocycles. The van der Waals surface area contributed by atoms with E-state index in [1.807, 2.05) is 31.2 Å². The molecule has 130 valence electrons. The van der Waals surface area contributed by atoms with Gasteiger partial charge < -0.3 is 0 Å². The van der Waals surface area contributed by atoms with E-state index < -0.39 is 29.5 Å². The van der Waals surface area contributed by atoms with Gasteiger partial charge in [-0.25, -0.2) is 0 Å². The van der Waals surface area contributed by atoms with E-state index in [-0.39, 0.29) is 12.1 Å². The van der Waals surface area contributed by atoms with Crippen molar-refractivity contribution in [1.29, 1.82) is 0 Å². The Morgan fingerprint density at radius 3 is 2.40 bits per heavy atom. The molecular formula is C19H16F3NO2. The lowest BCUT2D eigenvalue weighted by molar-refractivity contribution is -0.137. The Morgan fingerprint density at radius 1 is 1.08 bits per heavy atom. The third-order valence-corrected chi connectivity index (χ3v) is 4.27. The number of nitrogens with zero attached hydrogens (tertiary/aromatic N) is 1. The lowest BCUT2D eigenvalue weighted by Crippen LogP contribution is -2.31. The molecule has 0 unspecified atom stereocenters. The fourth-order valence-corrected chi connectivity index (χ4v) is 2.96. The number of amides is 2. The van der Waals surface area contributed by atoms with E-state index in [9.17, 15) is 22.8 Å². The molecule has 0 radical (unpaired) electrons. The number of rotatable bonds is 3. The highest BCUT2D eigenvalue weighted by Crippen LogP contribution is 2.34. The number of halogens is 3. The van der Waals surface area contributed by atoms with Gasteiger partial charge in [-0.2, -0.15) is 13.2 Å². The van der Waals surface area contributed by atoms with E-state index in [4.69, 9.17) is 0 Å². The summed E-state index contributed by atoms with van der Waals surface area (Å²) < 4.78 is 38.6. The standard InChI is InChI=1S/C19H16F3NO2/c1-12-5-7-13(8-6-12)9-14-10-17(24)23(18(14)25)16-4-2-3-15(11-16)19(20,21)22/h2-8,11,14H,9-10H2,1H3/t14-/m1/s1. The van der Waals surface area contributed by atoms with Gasteiger partial charge in [-0.3, -0.25) is 14.5 Å². The first-order chi connectivity index (χ1) is 11.8. The van der Waals surface area contributed by atoms with Gasteiger partial charge in [0.05, 0.1) is 17.2 Å². The molecule has 0 N–H and O–H groups in total. The van der Waals surface area contributed by atoms with Gasteiger partial charge in [0.15, 0.2) is 0 Å². The molecule has 0 saturated carbocycles. The highest BCUT2D eigenvalue weighted by Gasteiger charge is 2.40. The number of hydrogen-bond donors (Lipinski definition) is 0. The van der Waals surface area contributed by atoms with Gasteiger partial charge in [-0.1, -0.05) is 35.9 Å². The minimum absolute atomic E-state index is 0.00293. The normalized spacial score (nSPS) is 18.1. The van der Waals surface area contributed by atoms with Crippen LogP contribution < -0.4 is 4.90 Å². The third-order valence-electron chi connectivity index (χ3n) is 4.27. The van der Waals surface area contributed by atoms with Crippen LogP contribution in [-0.2, 0) is 22.2 Å². The smallest absolute Gasteiger partial charge is 0.274 e. The number of benzene rings is 2. The maximum atomic E-state index is 12.9. The SMILES string of the molecule is Cc1ccc(C[C@@H]2CC(=O)N(c3cccc(C(F)(F)F)c3)C2=O)cc1. The molecule has 2 aromatic carbocycles. The first kappa shape index (κ1) is 17.2. The molecule has 0 spiro atoms. The molecule has 1 atom stereocenters. The first-order valence-corrected chi connectivity index (χ1v) is 7.85. The summed E-state index contributed by atoms with van der Waals surface area (Å²) in [4.78, 5) is 25.7. The van der Waals surface area contributed by atoms with Crippen molar-refractivity contribution in [3.63, 3.8) is 0 Å². The van der Waals surface area contributed by atoms with Gasteiger partial charge >= 0.3 is 6.18 Å². The molecule has 0 aromatic heterocycles. The van der Waals surface area contributed by atoms with Gasteiger partial charge in [0.1, 0.15) is 0 Å². The van der Waals surface area contributed by atoms with Crippen LogP contribution in [0.3, 0.4) is 0 Å². The summed E-state index contributed by atoms with van der Waals surface area (Å²) in [6.45, 7) is 1.95. The Kier molecular flexibility index (Phi) is 4.37. The van der Waals surface area contributed by atoms with Crippen LogP contribution in [0.1, 0.15) is 23.1 Å². The molecule has 1 saturated heterocycles. The van der Waals surface area contributed by atoms with Crippen LogP contribution in [0, 0.1) is 12.8 Å². The lowest BCUT2D eigenvalue weighted by atomic mass is 9.97. The van der Waals surface area contributed by atoms with Gasteiger partial charge in [-0.05, 0) is 37.1 Å². The maximum Gasteiger partial charge on any atom is 0.416 e. The molecule has 1 fully saturated rings. The van der Waals surface area contributed by atoms with Crippen molar-refractivity contribution in [2.45, 2.75) is 25.9 Å². The first-order valence-electron chi connectivity index (χ1n) is 7.85. The van der Waals surface area contributed by atoms with Crippen LogP contribution in [-0.4, -0.2) is 11.8 Å². The van der Waals surface area contributed by atoms with Crippen molar-refractivity contribution in [3.05, 3.63) is 65.2 Å². The molecule has 0 aliphatic carbocycles. The van der Waals surface area contributed by atoms with Crippen LogP contribution in [0.5, 0.6) is 0 Å². The van der Waals surface area contributed by atoms with Crippen LogP contribution in [0.2, 0.25) is 0 Å². The minimum atomic E-state index is -4.52. The van der Waals surface area contributed by atoms with Gasteiger partial charge in [0.25, 0.3) is 0 Å². The zero-order chi connectivity index (χ0) is 18.2. The van der Waals surface area contributed by atoms with Crippen molar-refractivity contribution >= 4 is 17.5 Å². The maximum absolute atomic E-state index is 12.9. The zero-order valence-corrected chi connectivity index (χ0v) is 13.5. The number of carbonyl (C=O) groups excluding carboxylic acids is 2. The molecule has 1 aliphatic rings. The number of imide groups is 1. The number of alkyl halides is 3. The van der Waals surface area contributed by atoms with Crippen LogP contribution in [0.25, 0.3) is 0 Å². The fourth-order valence-electron chi connectivity index (χ4n) is 2.96. The minimum Gasteiger partial charge on any atom is -0.274 e. The molecule has 25 heavy (non-hydrogen) atoms. The van der Waals surface area contributed by atoms with E-state index in [0.717, 1.165) is 28.2 Å². The summed E-state index contributed by atoms with van der Waals surface area (Å²) >= 11 is 0. The topological polar surface area (TPSA) is 37.4 Å². The summed E-state index contributed by atoms with van der Waals surface area (Å²) in [6, 6.07) is 11.9. The highest BCUT2D eigenvalue weighted by atomic mass is 19.4. The van der Waals surface area contributed by atoms with Crippen LogP contribution in [0.15, 0.2) is 48.5 Å². The summed E-state index contributed by atoms with van der Waals surface area (Å²) in [5.74, 6) is -1.48. The monoisotopic (exact) mass is 347 g/mol. The lowest BCUT2D eigenvalue weighted by Gasteiger charge is -2.17. The van der Waals surface area contributed by atoms with Crippen LogP contribution >= 0.6 is 0 Å². The molecular weight excluding hydrogens is 331 g/mol. The van der Waals surface area contributed by atoms with Crippen molar-refractivity contribution in [2.75, 3.05) is 4.90 Å². The molecule has 2 amide bonds. The van der Waals surface area contributed by atoms with Gasteiger partial charge in [0.2, 0.25) is 11.8 Å². The molecule has 1 heterocycles. The average Bonchev–Trinajstić information content (AvgIpc) is 2.83. The van der Waals surface area contributed by atoms with Gasteiger partial charge in [0, 0.05) is 6.42 Å². The Hall–Kier alpha value is -2.63. The Labute approximate surface area is 143 Å². The molecule has 6 heteroatoms. The predicted octanol–water partition coefficient (Wildman–Crippen LogP) is 4.14. The zero-order valence-electron chi connectivity index (χ0n) is 13.5. The number of aryl methyl sites for hydroxylation is 1. The van der Waals surface area contributed by atoms with Crippen LogP contribution in [0.4, 0.5) is 18.9 Å². The Bertz CT molecular complexity index is 812. The van der Waals surface area contributed by atoms with E-state index in [2.05, 4.69) is 0 Å². The molecule has 2 aromatic rings. The molecule has 3 nitrogen and oxygen atoms in total. The largest absolute Gasteiger partial charge is 0.416 e. The second-order valence-electron chi connectivity index (χ2n) is 6.21. The fraction of sp³-hybridized carbons (Fsp3) is 0.263. The van der Waals surface area contributed by atoms with E-state index in [0.29, 0.717) is 6.42 Å². The Balaban J connectivity index is 1.83. The average molecular weight is 347 g/mol. The number of anilines is 1. The quantitative estimate of drug-likeness (QED) is 0.783. The molecule has 3 rings (SSSR count). The van der Waals surface area contributed by atoms with E-state index in [1.54, 1.807) is 0 Å². The van der Waals surface area contributed by atoms with Crippen molar-refractivity contribution in [2.24, 2.45) is 5.92 Å². The van der Waals surface area contributed by atoms with Gasteiger partial charge in [-0.15, -0.1) is 0 Å². The summed E-state index contributed by atoms with van der Waals surface area (Å²) in [5.41, 5.74) is 1.09. The molecule has 0 bridgehead atoms. The second kappa shape index (κ2) is 6.35. The van der Waals surface area contributed by atoms with E-state index >= 15 is 0 Å². The van der Waals surface area contributed by atoms with Crippen molar-refractivity contribution in [3.8, 4) is 0 Å². The summed E-state index contributed by atoms with van der Waals surface area (Å²) in [5, 5.41) is 0. The predicted molar refractivity (Wildman–Crippen MR) is 86.9 cm³/mol. The summed E-state index contributed by atoms with van der Waals surface area (Å²) in [6.07, 6.45) is -4.13. The number of carbonyl (C=O) groups is 2. The van der Waals surface area contributed by atoms with Crippen molar-refractivity contribution in [1.82, 2.24) is 0 Å². The summed E-state index contributed by atoms with van der Waals surface area (Å²) in [7, 11) is 0. The van der Waals surface area contributed by atoms with E-state index in [1.165, 1.54) is 12.1 Å². The third kappa shape index (κ3) is 3.57. The van der Waals surface area contributed by atoms with Crippen molar-refractivity contribution < 1.29 is 22.8 Å². The Morgan fingerprint density at radius 2 is 1.76 bits per heavy atom. The highest BCUT2D eigenvalue weighted by molar-refractivity contribution is 6.21. The second-order valence-corrected chi connectivity index (χ2v) is 6.21. The number of hydrogen-bond acceptors (Lipinski definition) is 2.